The minimum Gasteiger partial charge on any atom is -0.313 e. The summed E-state index contributed by atoms with van der Waals surface area (Å²) < 4.78 is 23.6. The minimum absolute atomic E-state index is 0.185. The van der Waals surface area contributed by atoms with Crippen LogP contribution in [0.2, 0.25) is 0 Å². The van der Waals surface area contributed by atoms with Crippen molar-refractivity contribution in [3.63, 3.8) is 0 Å². The molecule has 1 saturated carbocycles. The van der Waals surface area contributed by atoms with Crippen molar-refractivity contribution in [1.29, 1.82) is 0 Å². The van der Waals surface area contributed by atoms with Gasteiger partial charge in [-0.25, -0.2) is 8.42 Å². The zero-order valence-corrected chi connectivity index (χ0v) is 11.5. The molecule has 96 valence electrons. The topological polar surface area (TPSA) is 46.2 Å². The highest BCUT2D eigenvalue weighted by molar-refractivity contribution is 7.91. The number of nitrogens with one attached hydrogen (secondary N) is 1. The second kappa shape index (κ2) is 6.01. The van der Waals surface area contributed by atoms with Gasteiger partial charge in [-0.15, -0.1) is 0 Å². The van der Waals surface area contributed by atoms with E-state index in [0.29, 0.717) is 18.5 Å². The minimum atomic E-state index is -2.92. The maximum atomic E-state index is 11.8. The Balaban J connectivity index is 2.63. The third-order valence-electron chi connectivity index (χ3n) is 3.45. The van der Waals surface area contributed by atoms with E-state index < -0.39 is 9.84 Å². The molecule has 0 heterocycles. The summed E-state index contributed by atoms with van der Waals surface area (Å²) in [5.74, 6) is 0.370. The first-order valence-corrected chi connectivity index (χ1v) is 8.29. The predicted octanol–water partition coefficient (Wildman–Crippen LogP) is 1.98. The average molecular weight is 247 g/mol. The SMILES string of the molecule is CC(C)NCC(C1CCCCC1)S(C)(=O)=O. The van der Waals surface area contributed by atoms with Gasteiger partial charge < -0.3 is 5.32 Å². The van der Waals surface area contributed by atoms with Gasteiger partial charge in [0.05, 0.1) is 5.25 Å². The summed E-state index contributed by atoms with van der Waals surface area (Å²) >= 11 is 0. The smallest absolute Gasteiger partial charge is 0.151 e. The molecule has 0 amide bonds. The second-order valence-corrected chi connectivity index (χ2v) is 7.59. The van der Waals surface area contributed by atoms with Crippen LogP contribution in [0.3, 0.4) is 0 Å². The first-order chi connectivity index (χ1) is 7.41. The fraction of sp³-hybridized carbons (Fsp3) is 1.00. The predicted molar refractivity (Wildman–Crippen MR) is 68.3 cm³/mol. The quantitative estimate of drug-likeness (QED) is 0.808. The molecule has 1 atom stereocenters. The van der Waals surface area contributed by atoms with Gasteiger partial charge in [0.15, 0.2) is 9.84 Å². The third kappa shape index (κ3) is 4.42. The van der Waals surface area contributed by atoms with Gasteiger partial charge in [-0.1, -0.05) is 33.1 Å². The van der Waals surface area contributed by atoms with Crippen LogP contribution in [0.5, 0.6) is 0 Å². The van der Waals surface area contributed by atoms with E-state index in [4.69, 9.17) is 0 Å². The fourth-order valence-corrected chi connectivity index (χ4v) is 3.90. The van der Waals surface area contributed by atoms with Gasteiger partial charge in [0.25, 0.3) is 0 Å². The monoisotopic (exact) mass is 247 g/mol. The lowest BCUT2D eigenvalue weighted by Crippen LogP contribution is -2.41. The van der Waals surface area contributed by atoms with Crippen LogP contribution in [-0.4, -0.2) is 32.5 Å². The molecule has 1 unspecified atom stereocenters. The Morgan fingerprint density at radius 1 is 1.19 bits per heavy atom. The maximum Gasteiger partial charge on any atom is 0.151 e. The van der Waals surface area contributed by atoms with Gasteiger partial charge in [0, 0.05) is 18.8 Å². The fourth-order valence-electron chi connectivity index (χ4n) is 2.53. The molecule has 4 heteroatoms. The van der Waals surface area contributed by atoms with E-state index in [1.807, 2.05) is 0 Å². The van der Waals surface area contributed by atoms with Crippen LogP contribution in [-0.2, 0) is 9.84 Å². The molecule has 0 aromatic rings. The second-order valence-electron chi connectivity index (χ2n) is 5.33. The molecule has 1 fully saturated rings. The average Bonchev–Trinajstić information content (AvgIpc) is 2.17. The summed E-state index contributed by atoms with van der Waals surface area (Å²) in [6, 6.07) is 0.354. The van der Waals surface area contributed by atoms with E-state index >= 15 is 0 Å². The molecule has 0 aliphatic heterocycles. The van der Waals surface area contributed by atoms with E-state index in [1.54, 1.807) is 0 Å². The lowest BCUT2D eigenvalue weighted by molar-refractivity contribution is 0.330. The zero-order chi connectivity index (χ0) is 12.2. The van der Waals surface area contributed by atoms with Crippen molar-refractivity contribution >= 4 is 9.84 Å². The molecular weight excluding hydrogens is 222 g/mol. The van der Waals surface area contributed by atoms with Crippen LogP contribution in [0.4, 0.5) is 0 Å². The summed E-state index contributed by atoms with van der Waals surface area (Å²) in [4.78, 5) is 0. The number of hydrogen-bond donors (Lipinski definition) is 1. The summed E-state index contributed by atoms with van der Waals surface area (Å²) in [6.07, 6.45) is 7.20. The Bertz CT molecular complexity index is 292. The first-order valence-electron chi connectivity index (χ1n) is 6.33. The van der Waals surface area contributed by atoms with E-state index in [1.165, 1.54) is 25.5 Å². The molecule has 0 radical (unpaired) electrons. The Morgan fingerprint density at radius 3 is 2.19 bits per heavy atom. The van der Waals surface area contributed by atoms with Gasteiger partial charge in [0.1, 0.15) is 0 Å². The van der Waals surface area contributed by atoms with Gasteiger partial charge in [-0.05, 0) is 18.8 Å². The van der Waals surface area contributed by atoms with Crippen molar-refractivity contribution in [2.45, 2.75) is 57.2 Å². The van der Waals surface area contributed by atoms with Gasteiger partial charge in [0.2, 0.25) is 0 Å². The zero-order valence-electron chi connectivity index (χ0n) is 10.7. The van der Waals surface area contributed by atoms with E-state index in [2.05, 4.69) is 19.2 Å². The highest BCUT2D eigenvalue weighted by atomic mass is 32.2. The number of rotatable bonds is 5. The maximum absolute atomic E-state index is 11.8. The molecule has 1 rings (SSSR count). The van der Waals surface area contributed by atoms with Crippen molar-refractivity contribution < 1.29 is 8.42 Å². The van der Waals surface area contributed by atoms with Crippen LogP contribution < -0.4 is 5.32 Å². The molecule has 0 bridgehead atoms. The van der Waals surface area contributed by atoms with Crippen LogP contribution in [0.15, 0.2) is 0 Å². The third-order valence-corrected chi connectivity index (χ3v) is 5.10. The lowest BCUT2D eigenvalue weighted by atomic mass is 9.86. The molecule has 3 nitrogen and oxygen atoms in total. The van der Waals surface area contributed by atoms with Crippen LogP contribution in [0, 0.1) is 5.92 Å². The Kier molecular flexibility index (Phi) is 5.25. The van der Waals surface area contributed by atoms with Gasteiger partial charge in [-0.2, -0.15) is 0 Å². The lowest BCUT2D eigenvalue weighted by Gasteiger charge is -2.29. The molecule has 1 N–H and O–H groups in total. The molecule has 0 aromatic carbocycles. The molecule has 16 heavy (non-hydrogen) atoms. The van der Waals surface area contributed by atoms with E-state index in [-0.39, 0.29) is 5.25 Å². The molecular formula is C12H25NO2S. The number of sulfone groups is 1. The Labute approximate surface area is 99.9 Å². The van der Waals surface area contributed by atoms with Crippen LogP contribution in [0.25, 0.3) is 0 Å². The van der Waals surface area contributed by atoms with Crippen molar-refractivity contribution in [3.05, 3.63) is 0 Å². The highest BCUT2D eigenvalue weighted by Gasteiger charge is 2.30. The molecule has 0 saturated heterocycles. The summed E-state index contributed by atoms with van der Waals surface area (Å²) in [6.45, 7) is 4.72. The van der Waals surface area contributed by atoms with Crippen LogP contribution >= 0.6 is 0 Å². The van der Waals surface area contributed by atoms with Crippen LogP contribution in [0.1, 0.15) is 46.0 Å². The molecule has 0 aromatic heterocycles. The van der Waals surface area contributed by atoms with E-state index in [0.717, 1.165) is 12.8 Å². The van der Waals surface area contributed by atoms with Crippen molar-refractivity contribution in [3.8, 4) is 0 Å². The van der Waals surface area contributed by atoms with Crippen molar-refractivity contribution in [2.24, 2.45) is 5.92 Å². The normalized spacial score (nSPS) is 21.2. The van der Waals surface area contributed by atoms with Crippen molar-refractivity contribution in [1.82, 2.24) is 5.32 Å². The van der Waals surface area contributed by atoms with Gasteiger partial charge in [-0.3, -0.25) is 0 Å². The van der Waals surface area contributed by atoms with E-state index in [9.17, 15) is 8.42 Å². The summed E-state index contributed by atoms with van der Waals surface area (Å²) in [5, 5.41) is 3.09. The van der Waals surface area contributed by atoms with Gasteiger partial charge >= 0.3 is 0 Å². The van der Waals surface area contributed by atoms with Crippen molar-refractivity contribution in [2.75, 3.05) is 12.8 Å². The molecule has 1 aliphatic carbocycles. The standard InChI is InChI=1S/C12H25NO2S/c1-10(2)13-9-12(16(3,14)15)11-7-5-4-6-8-11/h10-13H,4-9H2,1-3H3. The Hall–Kier alpha value is -0.0900. The molecule has 0 spiro atoms. The first kappa shape index (κ1) is 14.0. The highest BCUT2D eigenvalue weighted by Crippen LogP contribution is 2.29. The number of hydrogen-bond acceptors (Lipinski definition) is 3. The largest absolute Gasteiger partial charge is 0.313 e. The molecule has 1 aliphatic rings. The summed E-state index contributed by atoms with van der Waals surface area (Å²) in [7, 11) is -2.92. The Morgan fingerprint density at radius 2 is 1.75 bits per heavy atom. The summed E-state index contributed by atoms with van der Waals surface area (Å²) in [5.41, 5.74) is 0.